The maximum absolute atomic E-state index is 14.1. The molecule has 0 saturated heterocycles. The van der Waals surface area contributed by atoms with Crippen molar-refractivity contribution in [1.29, 1.82) is 0 Å². The van der Waals surface area contributed by atoms with Crippen molar-refractivity contribution in [2.24, 2.45) is 5.92 Å². The van der Waals surface area contributed by atoms with Crippen LogP contribution in [0.4, 0.5) is 5.69 Å². The molecule has 2 aromatic carbocycles. The van der Waals surface area contributed by atoms with Crippen LogP contribution in [-0.4, -0.2) is 29.8 Å². The summed E-state index contributed by atoms with van der Waals surface area (Å²) in [4.78, 5) is 32.5. The van der Waals surface area contributed by atoms with Gasteiger partial charge in [0.2, 0.25) is 5.91 Å². The van der Waals surface area contributed by atoms with Crippen LogP contribution in [-0.2, 0) is 4.79 Å². The number of carbonyl (C=O) groups is 2. The minimum absolute atomic E-state index is 0.00881. The molecule has 0 saturated carbocycles. The summed E-state index contributed by atoms with van der Waals surface area (Å²) in [7, 11) is 0. The highest BCUT2D eigenvalue weighted by Crippen LogP contribution is 2.45. The second-order valence-electron chi connectivity index (χ2n) is 8.29. The number of thiophene rings is 1. The summed E-state index contributed by atoms with van der Waals surface area (Å²) in [5.74, 6) is -0.120. The van der Waals surface area contributed by atoms with Gasteiger partial charge in [-0.05, 0) is 48.1 Å². The Labute approximate surface area is 188 Å². The molecule has 0 fully saturated rings. The number of carbonyl (C=O) groups excluding carboxylic acids is 2. The highest BCUT2D eigenvalue weighted by atomic mass is 32.1. The third-order valence-corrected chi connectivity index (χ3v) is 6.69. The van der Waals surface area contributed by atoms with Crippen LogP contribution < -0.4 is 4.90 Å². The van der Waals surface area contributed by atoms with E-state index in [-0.39, 0.29) is 17.9 Å². The van der Waals surface area contributed by atoms with E-state index >= 15 is 0 Å². The van der Waals surface area contributed by atoms with Gasteiger partial charge in [0.1, 0.15) is 0 Å². The van der Waals surface area contributed by atoms with Gasteiger partial charge in [-0.2, -0.15) is 0 Å². The first-order valence-electron chi connectivity index (χ1n) is 10.8. The molecule has 2 atom stereocenters. The molecule has 31 heavy (non-hydrogen) atoms. The number of hydrogen-bond donors (Lipinski definition) is 0. The Balaban J connectivity index is 1.88. The number of nitrogens with zero attached hydrogens (tertiary/aromatic N) is 2. The van der Waals surface area contributed by atoms with Crippen molar-refractivity contribution >= 4 is 28.8 Å². The van der Waals surface area contributed by atoms with Gasteiger partial charge < -0.3 is 9.80 Å². The molecule has 4 nitrogen and oxygen atoms in total. The van der Waals surface area contributed by atoms with E-state index in [1.54, 1.807) is 11.3 Å². The van der Waals surface area contributed by atoms with Gasteiger partial charge in [0.25, 0.3) is 5.91 Å². The van der Waals surface area contributed by atoms with Crippen LogP contribution in [0.15, 0.2) is 72.1 Å². The van der Waals surface area contributed by atoms with E-state index in [4.69, 9.17) is 0 Å². The van der Waals surface area contributed by atoms with Crippen LogP contribution >= 0.6 is 11.3 Å². The lowest BCUT2D eigenvalue weighted by Gasteiger charge is -2.43. The number of para-hydroxylation sites is 1. The van der Waals surface area contributed by atoms with Gasteiger partial charge in [0.05, 0.1) is 12.0 Å². The zero-order valence-corrected chi connectivity index (χ0v) is 19.0. The summed E-state index contributed by atoms with van der Waals surface area (Å²) in [6.45, 7) is 7.39. The van der Waals surface area contributed by atoms with E-state index in [2.05, 4.69) is 13.8 Å². The summed E-state index contributed by atoms with van der Waals surface area (Å²) in [5, 5.41) is 2.02. The van der Waals surface area contributed by atoms with Gasteiger partial charge in [-0.25, -0.2) is 0 Å². The zero-order valence-electron chi connectivity index (χ0n) is 18.2. The molecule has 0 radical (unpaired) electrons. The summed E-state index contributed by atoms with van der Waals surface area (Å²) in [6.07, 6.45) is 0. The van der Waals surface area contributed by atoms with E-state index in [9.17, 15) is 9.59 Å². The number of fused-ring (bicyclic) bond motifs is 1. The standard InChI is InChI=1S/C26H28N2O2S/c1-4-27(19-11-6-5-7-12-19)26(30)23-20-13-8-9-14-21(20)25(29)28(17-18(2)3)24(23)22-15-10-16-31-22/h5-16,18,23-24H,4,17H2,1-3H3/t23-,24+/m1/s1. The van der Waals surface area contributed by atoms with E-state index in [1.807, 2.05) is 88.8 Å². The molecule has 2 amide bonds. The highest BCUT2D eigenvalue weighted by molar-refractivity contribution is 7.10. The number of anilines is 1. The molecule has 0 unspecified atom stereocenters. The molecule has 0 spiro atoms. The molecule has 1 aliphatic heterocycles. The first kappa shape index (κ1) is 21.3. The Morgan fingerprint density at radius 1 is 1.03 bits per heavy atom. The minimum atomic E-state index is -0.452. The number of benzene rings is 2. The van der Waals surface area contributed by atoms with E-state index in [1.165, 1.54) is 0 Å². The fourth-order valence-corrected chi connectivity index (χ4v) is 5.35. The fraction of sp³-hybridized carbons (Fsp3) is 0.308. The lowest BCUT2D eigenvalue weighted by Crippen LogP contribution is -2.49. The Morgan fingerprint density at radius 2 is 1.74 bits per heavy atom. The highest BCUT2D eigenvalue weighted by Gasteiger charge is 2.45. The van der Waals surface area contributed by atoms with Crippen LogP contribution in [0.25, 0.3) is 0 Å². The van der Waals surface area contributed by atoms with Crippen LogP contribution in [0.3, 0.4) is 0 Å². The molecule has 1 aliphatic rings. The molecule has 4 rings (SSSR count). The van der Waals surface area contributed by atoms with Crippen molar-refractivity contribution in [2.45, 2.75) is 32.7 Å². The smallest absolute Gasteiger partial charge is 0.254 e. The number of likely N-dealkylation sites (N-methyl/N-ethyl adjacent to an activating group) is 1. The van der Waals surface area contributed by atoms with Crippen LogP contribution in [0.5, 0.6) is 0 Å². The molecule has 1 aromatic heterocycles. The topological polar surface area (TPSA) is 40.6 Å². The monoisotopic (exact) mass is 432 g/mol. The Kier molecular flexibility index (Phi) is 6.23. The van der Waals surface area contributed by atoms with Gasteiger partial charge in [0.15, 0.2) is 0 Å². The molecule has 0 N–H and O–H groups in total. The first-order valence-corrected chi connectivity index (χ1v) is 11.7. The van der Waals surface area contributed by atoms with Crippen LogP contribution in [0, 0.1) is 5.92 Å². The maximum atomic E-state index is 14.1. The van der Waals surface area contributed by atoms with E-state index in [0.717, 1.165) is 16.1 Å². The predicted molar refractivity (Wildman–Crippen MR) is 127 cm³/mol. The fourth-order valence-electron chi connectivity index (χ4n) is 4.47. The Bertz CT molecular complexity index is 1050. The van der Waals surface area contributed by atoms with Gasteiger partial charge >= 0.3 is 0 Å². The lowest BCUT2D eigenvalue weighted by atomic mass is 9.80. The summed E-state index contributed by atoms with van der Waals surface area (Å²) in [5.41, 5.74) is 2.34. The van der Waals surface area contributed by atoms with E-state index in [0.29, 0.717) is 24.6 Å². The van der Waals surface area contributed by atoms with Crippen molar-refractivity contribution in [1.82, 2.24) is 4.90 Å². The van der Waals surface area contributed by atoms with Gasteiger partial charge in [-0.15, -0.1) is 11.3 Å². The lowest BCUT2D eigenvalue weighted by molar-refractivity contribution is -0.121. The molecule has 0 bridgehead atoms. The van der Waals surface area contributed by atoms with E-state index < -0.39 is 5.92 Å². The summed E-state index contributed by atoms with van der Waals surface area (Å²) >= 11 is 1.61. The van der Waals surface area contributed by atoms with Crippen molar-refractivity contribution in [3.8, 4) is 0 Å². The third-order valence-electron chi connectivity index (χ3n) is 5.75. The third kappa shape index (κ3) is 4.02. The van der Waals surface area contributed by atoms with Gasteiger partial charge in [-0.3, -0.25) is 9.59 Å². The van der Waals surface area contributed by atoms with Crippen LogP contribution in [0.2, 0.25) is 0 Å². The quantitative estimate of drug-likeness (QED) is 0.498. The molecule has 2 heterocycles. The molecular formula is C26H28N2O2S. The predicted octanol–water partition coefficient (Wildman–Crippen LogP) is 5.74. The number of hydrogen-bond acceptors (Lipinski definition) is 3. The van der Waals surface area contributed by atoms with Crippen molar-refractivity contribution in [3.05, 3.63) is 88.1 Å². The van der Waals surface area contributed by atoms with Crippen molar-refractivity contribution in [3.63, 3.8) is 0 Å². The average Bonchev–Trinajstić information content (AvgIpc) is 3.31. The zero-order chi connectivity index (χ0) is 22.0. The molecule has 5 heteroatoms. The molecule has 3 aromatic rings. The molecule has 0 aliphatic carbocycles. The SMILES string of the molecule is CCN(C(=O)[C@@H]1c2ccccc2C(=O)N(CC(C)C)[C@H]1c1cccs1)c1ccccc1. The number of amides is 2. The molecule has 160 valence electrons. The maximum Gasteiger partial charge on any atom is 0.254 e. The van der Waals surface area contributed by atoms with Crippen LogP contribution in [0.1, 0.15) is 53.5 Å². The Hall–Kier alpha value is -2.92. The van der Waals surface area contributed by atoms with Gasteiger partial charge in [-0.1, -0.05) is 56.3 Å². The summed E-state index contributed by atoms with van der Waals surface area (Å²) in [6, 6.07) is 21.1. The number of rotatable bonds is 6. The minimum Gasteiger partial charge on any atom is -0.329 e. The average molecular weight is 433 g/mol. The normalized spacial score (nSPS) is 18.2. The summed E-state index contributed by atoms with van der Waals surface area (Å²) < 4.78 is 0. The van der Waals surface area contributed by atoms with Crippen molar-refractivity contribution in [2.75, 3.05) is 18.0 Å². The van der Waals surface area contributed by atoms with Gasteiger partial charge in [0, 0.05) is 29.2 Å². The second kappa shape index (κ2) is 9.06. The second-order valence-corrected chi connectivity index (χ2v) is 9.27. The largest absolute Gasteiger partial charge is 0.329 e. The first-order chi connectivity index (χ1) is 15.0. The Morgan fingerprint density at radius 3 is 2.39 bits per heavy atom. The molecular weight excluding hydrogens is 404 g/mol. The van der Waals surface area contributed by atoms with Crippen molar-refractivity contribution < 1.29 is 9.59 Å².